The lowest BCUT2D eigenvalue weighted by molar-refractivity contribution is 0.00578. The lowest BCUT2D eigenvalue weighted by Gasteiger charge is -2.32. The van der Waals surface area contributed by atoms with Crippen LogP contribution in [0, 0.1) is 5.82 Å². The molecule has 1 fully saturated rings. The second-order valence-electron chi connectivity index (χ2n) is 5.93. The Labute approximate surface area is 114 Å². The van der Waals surface area contributed by atoms with Gasteiger partial charge in [-0.2, -0.15) is 0 Å². The summed E-state index contributed by atoms with van der Waals surface area (Å²) in [6.07, 6.45) is 0. The van der Waals surface area contributed by atoms with E-state index >= 15 is 0 Å². The molecule has 1 heterocycles. The Kier molecular flexibility index (Phi) is 3.73. The topological polar surface area (TPSA) is 30.5 Å². The van der Waals surface area contributed by atoms with Gasteiger partial charge in [0, 0.05) is 12.1 Å². The Hall–Kier alpha value is -0.905. The highest BCUT2D eigenvalue weighted by atomic mass is 19.1. The Morgan fingerprint density at radius 2 is 1.74 bits per heavy atom. The molecule has 1 aromatic rings. The SMILES string of the molecule is CNCc1c(F)cccc1B1OC(C)(C)C(C)(C)O1. The molecule has 0 aliphatic carbocycles. The first-order chi connectivity index (χ1) is 8.78. The van der Waals surface area contributed by atoms with Gasteiger partial charge >= 0.3 is 7.12 Å². The zero-order valence-electron chi connectivity index (χ0n) is 12.2. The molecule has 1 aromatic carbocycles. The van der Waals surface area contributed by atoms with Gasteiger partial charge in [-0.25, -0.2) is 4.39 Å². The van der Waals surface area contributed by atoms with Crippen molar-refractivity contribution in [2.24, 2.45) is 0 Å². The largest absolute Gasteiger partial charge is 0.495 e. The number of nitrogens with one attached hydrogen (secondary N) is 1. The third-order valence-electron chi connectivity index (χ3n) is 4.02. The van der Waals surface area contributed by atoms with Crippen molar-refractivity contribution in [3.05, 3.63) is 29.6 Å². The van der Waals surface area contributed by atoms with E-state index in [0.29, 0.717) is 12.1 Å². The Balaban J connectivity index is 2.37. The van der Waals surface area contributed by atoms with Crippen molar-refractivity contribution in [1.82, 2.24) is 5.32 Å². The third kappa shape index (κ3) is 2.55. The van der Waals surface area contributed by atoms with E-state index in [1.165, 1.54) is 6.07 Å². The van der Waals surface area contributed by atoms with Crippen LogP contribution in [0.3, 0.4) is 0 Å². The molecule has 0 unspecified atom stereocenters. The molecule has 1 saturated heterocycles. The molecule has 0 spiro atoms. The van der Waals surface area contributed by atoms with E-state index in [1.807, 2.05) is 33.8 Å². The Bertz CT molecular complexity index is 461. The van der Waals surface area contributed by atoms with Gasteiger partial charge in [-0.05, 0) is 46.3 Å². The summed E-state index contributed by atoms with van der Waals surface area (Å²) in [4.78, 5) is 0. The van der Waals surface area contributed by atoms with E-state index < -0.39 is 18.3 Å². The zero-order chi connectivity index (χ0) is 14.3. The fourth-order valence-corrected chi connectivity index (χ4v) is 2.13. The molecule has 104 valence electrons. The number of rotatable bonds is 3. The maximum absolute atomic E-state index is 13.9. The first kappa shape index (κ1) is 14.5. The van der Waals surface area contributed by atoms with Crippen LogP contribution < -0.4 is 10.8 Å². The van der Waals surface area contributed by atoms with Gasteiger partial charge < -0.3 is 14.6 Å². The van der Waals surface area contributed by atoms with E-state index in [1.54, 1.807) is 13.1 Å². The fourth-order valence-electron chi connectivity index (χ4n) is 2.13. The maximum atomic E-state index is 13.9. The lowest BCUT2D eigenvalue weighted by atomic mass is 9.75. The van der Waals surface area contributed by atoms with E-state index in [9.17, 15) is 4.39 Å². The smallest absolute Gasteiger partial charge is 0.399 e. The van der Waals surface area contributed by atoms with Crippen LogP contribution in [0.4, 0.5) is 4.39 Å². The molecule has 1 aliphatic heterocycles. The monoisotopic (exact) mass is 265 g/mol. The minimum absolute atomic E-state index is 0.235. The molecular formula is C14H21BFNO2. The average molecular weight is 265 g/mol. The summed E-state index contributed by atoms with van der Waals surface area (Å²) in [7, 11) is 1.27. The highest BCUT2D eigenvalue weighted by Gasteiger charge is 2.52. The van der Waals surface area contributed by atoms with Crippen LogP contribution in [-0.2, 0) is 15.9 Å². The zero-order valence-corrected chi connectivity index (χ0v) is 12.2. The van der Waals surface area contributed by atoms with Crippen LogP contribution in [0.5, 0.6) is 0 Å². The molecule has 19 heavy (non-hydrogen) atoms. The highest BCUT2D eigenvalue weighted by Crippen LogP contribution is 2.36. The van der Waals surface area contributed by atoms with E-state index in [2.05, 4.69) is 5.32 Å². The molecule has 0 radical (unpaired) electrons. The summed E-state index contributed by atoms with van der Waals surface area (Å²) in [6.45, 7) is 8.41. The molecule has 1 N–H and O–H groups in total. The van der Waals surface area contributed by atoms with Crippen LogP contribution in [0.2, 0.25) is 0 Å². The average Bonchev–Trinajstić information content (AvgIpc) is 2.51. The van der Waals surface area contributed by atoms with Gasteiger partial charge in [0.2, 0.25) is 0 Å². The predicted molar refractivity (Wildman–Crippen MR) is 74.9 cm³/mol. The van der Waals surface area contributed by atoms with Crippen LogP contribution in [0.25, 0.3) is 0 Å². The number of benzene rings is 1. The highest BCUT2D eigenvalue weighted by molar-refractivity contribution is 6.62. The lowest BCUT2D eigenvalue weighted by Crippen LogP contribution is -2.41. The minimum atomic E-state index is -0.524. The minimum Gasteiger partial charge on any atom is -0.399 e. The standard InChI is InChI=1S/C14H21BFNO2/c1-13(2)14(3,4)19-15(18-13)11-7-6-8-12(16)10(11)9-17-5/h6-8,17H,9H2,1-5H3. The summed E-state index contributed by atoms with van der Waals surface area (Å²) in [5, 5.41) is 2.98. The van der Waals surface area contributed by atoms with Crippen molar-refractivity contribution >= 4 is 12.6 Å². The number of halogens is 1. The van der Waals surface area contributed by atoms with Gasteiger partial charge in [0.05, 0.1) is 11.2 Å². The molecule has 0 aromatic heterocycles. The summed E-state index contributed by atoms with van der Waals surface area (Å²) in [5.41, 5.74) is 0.526. The fraction of sp³-hybridized carbons (Fsp3) is 0.571. The van der Waals surface area contributed by atoms with Crippen molar-refractivity contribution in [2.45, 2.75) is 45.4 Å². The Morgan fingerprint density at radius 1 is 1.16 bits per heavy atom. The molecular weight excluding hydrogens is 244 g/mol. The molecule has 2 rings (SSSR count). The third-order valence-corrected chi connectivity index (χ3v) is 4.02. The van der Waals surface area contributed by atoms with Crippen molar-refractivity contribution in [3.8, 4) is 0 Å². The predicted octanol–water partition coefficient (Wildman–Crippen LogP) is 1.84. The molecule has 3 nitrogen and oxygen atoms in total. The van der Waals surface area contributed by atoms with Gasteiger partial charge in [-0.1, -0.05) is 12.1 Å². The molecule has 0 bridgehead atoms. The summed E-state index contributed by atoms with van der Waals surface area (Å²) >= 11 is 0. The molecule has 0 saturated carbocycles. The van der Waals surface area contributed by atoms with E-state index in [-0.39, 0.29) is 5.82 Å². The van der Waals surface area contributed by atoms with Gasteiger partial charge in [-0.15, -0.1) is 0 Å². The second-order valence-corrected chi connectivity index (χ2v) is 5.93. The first-order valence-corrected chi connectivity index (χ1v) is 6.56. The van der Waals surface area contributed by atoms with E-state index in [4.69, 9.17) is 9.31 Å². The molecule has 0 atom stereocenters. The summed E-state index contributed by atoms with van der Waals surface area (Å²) in [6, 6.07) is 5.01. The molecule has 0 amide bonds. The van der Waals surface area contributed by atoms with Crippen molar-refractivity contribution < 1.29 is 13.7 Å². The number of hydrogen-bond donors (Lipinski definition) is 1. The van der Waals surface area contributed by atoms with Gasteiger partial charge in [-0.3, -0.25) is 0 Å². The van der Waals surface area contributed by atoms with Gasteiger partial charge in [0.1, 0.15) is 5.82 Å². The van der Waals surface area contributed by atoms with Crippen molar-refractivity contribution in [2.75, 3.05) is 7.05 Å². The number of hydrogen-bond acceptors (Lipinski definition) is 3. The van der Waals surface area contributed by atoms with Gasteiger partial charge in [0.15, 0.2) is 0 Å². The summed E-state index contributed by atoms with van der Waals surface area (Å²) in [5.74, 6) is -0.235. The van der Waals surface area contributed by atoms with E-state index in [0.717, 1.165) is 5.46 Å². The van der Waals surface area contributed by atoms with Gasteiger partial charge in [0.25, 0.3) is 0 Å². The van der Waals surface area contributed by atoms with Crippen molar-refractivity contribution in [3.63, 3.8) is 0 Å². The van der Waals surface area contributed by atoms with Crippen molar-refractivity contribution in [1.29, 1.82) is 0 Å². The van der Waals surface area contributed by atoms with Crippen LogP contribution >= 0.6 is 0 Å². The first-order valence-electron chi connectivity index (χ1n) is 6.56. The maximum Gasteiger partial charge on any atom is 0.495 e. The second kappa shape index (κ2) is 4.89. The van der Waals surface area contributed by atoms with Crippen LogP contribution in [-0.4, -0.2) is 25.4 Å². The van der Waals surface area contributed by atoms with Crippen LogP contribution in [0.1, 0.15) is 33.3 Å². The van der Waals surface area contributed by atoms with Crippen LogP contribution in [0.15, 0.2) is 18.2 Å². The summed E-state index contributed by atoms with van der Waals surface area (Å²) < 4.78 is 25.9. The molecule has 5 heteroatoms. The Morgan fingerprint density at radius 3 is 2.26 bits per heavy atom. The quantitative estimate of drug-likeness (QED) is 0.846. The normalized spacial score (nSPS) is 20.8. The molecule has 1 aliphatic rings.